The molecule has 2 rings (SSSR count). The number of hydrogen-bond donors (Lipinski definition) is 0. The van der Waals surface area contributed by atoms with Crippen LogP contribution in [0.4, 0.5) is 0 Å². The number of nitrogens with zero attached hydrogens (tertiary/aromatic N) is 2. The summed E-state index contributed by atoms with van der Waals surface area (Å²) in [7, 11) is 1.90. The molecule has 0 N–H and O–H groups in total. The number of likely N-dealkylation sites (tertiary alicyclic amines) is 1. The van der Waals surface area contributed by atoms with Crippen LogP contribution in [0.25, 0.3) is 0 Å². The van der Waals surface area contributed by atoms with Crippen molar-refractivity contribution < 1.29 is 4.79 Å². The summed E-state index contributed by atoms with van der Waals surface area (Å²) in [6.07, 6.45) is 5.80. The highest BCUT2D eigenvalue weighted by molar-refractivity contribution is 5.87. The molecule has 1 heterocycles. The molecule has 1 unspecified atom stereocenters. The summed E-state index contributed by atoms with van der Waals surface area (Å²) in [5.74, 6) is 0.622. The molecule has 2 atom stereocenters. The normalized spacial score (nSPS) is 34.9. The smallest absolute Gasteiger partial charge is 0.229 e. The standard InChI is InChI=1S/C13H19N2O/c1-13(8-5-9-14)10-6-3-4-7-11(10)15(2)12(13)16/h10H,3-8H2,1-2H3/t10?,13-/m1/s1. The van der Waals surface area contributed by atoms with Gasteiger partial charge in [-0.2, -0.15) is 5.26 Å². The number of fused-ring (bicyclic) bond motifs is 1. The van der Waals surface area contributed by atoms with Gasteiger partial charge in [0.25, 0.3) is 0 Å². The lowest BCUT2D eigenvalue weighted by Gasteiger charge is -2.33. The van der Waals surface area contributed by atoms with E-state index in [4.69, 9.17) is 5.26 Å². The molecule has 1 amide bonds. The molecule has 0 aromatic rings. The Morgan fingerprint density at radius 1 is 1.56 bits per heavy atom. The fourth-order valence-corrected chi connectivity index (χ4v) is 3.34. The third-order valence-electron chi connectivity index (χ3n) is 4.33. The molecular formula is C13H19N2O. The fraction of sp³-hybridized carbons (Fsp3) is 0.769. The first kappa shape index (κ1) is 11.4. The average molecular weight is 219 g/mol. The quantitative estimate of drug-likeness (QED) is 0.716. The minimum atomic E-state index is -0.305. The van der Waals surface area contributed by atoms with Gasteiger partial charge in [-0.1, -0.05) is 19.8 Å². The first-order valence-corrected chi connectivity index (χ1v) is 6.12. The van der Waals surface area contributed by atoms with Crippen molar-refractivity contribution in [3.05, 3.63) is 6.04 Å². The van der Waals surface area contributed by atoms with Crippen molar-refractivity contribution in [1.29, 1.82) is 5.26 Å². The van der Waals surface area contributed by atoms with Crippen molar-refractivity contribution in [2.75, 3.05) is 7.05 Å². The minimum absolute atomic E-state index is 0.227. The number of nitriles is 1. The number of rotatable bonds is 2. The monoisotopic (exact) mass is 219 g/mol. The van der Waals surface area contributed by atoms with Crippen LogP contribution in [0.2, 0.25) is 0 Å². The Balaban J connectivity index is 2.23. The summed E-state index contributed by atoms with van der Waals surface area (Å²) in [5, 5.41) is 8.71. The van der Waals surface area contributed by atoms with Gasteiger partial charge in [0.1, 0.15) is 0 Å². The Bertz CT molecular complexity index is 333. The molecule has 3 heteroatoms. The number of amides is 1. The Kier molecular flexibility index (Phi) is 2.92. The number of carbonyl (C=O) groups is 1. The molecule has 1 aliphatic carbocycles. The van der Waals surface area contributed by atoms with Crippen LogP contribution in [0.15, 0.2) is 0 Å². The van der Waals surface area contributed by atoms with Gasteiger partial charge in [0.05, 0.1) is 17.5 Å². The summed E-state index contributed by atoms with van der Waals surface area (Å²) in [6.45, 7) is 2.05. The molecule has 0 bridgehead atoms. The molecule has 1 saturated carbocycles. The zero-order chi connectivity index (χ0) is 11.8. The predicted octanol–water partition coefficient (Wildman–Crippen LogP) is 2.49. The topological polar surface area (TPSA) is 44.1 Å². The second-order valence-corrected chi connectivity index (χ2v) is 5.23. The molecule has 16 heavy (non-hydrogen) atoms. The maximum absolute atomic E-state index is 12.3. The van der Waals surface area contributed by atoms with Crippen molar-refractivity contribution in [2.24, 2.45) is 11.3 Å². The molecule has 0 aromatic carbocycles. The zero-order valence-corrected chi connectivity index (χ0v) is 10.1. The van der Waals surface area contributed by atoms with Gasteiger partial charge in [0, 0.05) is 13.5 Å². The highest BCUT2D eigenvalue weighted by atomic mass is 16.2. The second kappa shape index (κ2) is 4.08. The van der Waals surface area contributed by atoms with Crippen molar-refractivity contribution in [3.8, 4) is 6.07 Å². The SMILES string of the molecule is CN1[C]2CCCCC2[C@@](C)(CCC#N)C1=O. The molecular weight excluding hydrogens is 200 g/mol. The highest BCUT2D eigenvalue weighted by Gasteiger charge is 2.55. The van der Waals surface area contributed by atoms with E-state index >= 15 is 0 Å². The lowest BCUT2D eigenvalue weighted by molar-refractivity contribution is -0.135. The third kappa shape index (κ3) is 1.52. The zero-order valence-electron chi connectivity index (χ0n) is 10.1. The number of carbonyl (C=O) groups excluding carboxylic acids is 1. The van der Waals surface area contributed by atoms with Crippen molar-refractivity contribution in [2.45, 2.75) is 45.4 Å². The first-order chi connectivity index (χ1) is 7.61. The van der Waals surface area contributed by atoms with Crippen molar-refractivity contribution in [1.82, 2.24) is 4.90 Å². The Morgan fingerprint density at radius 3 is 3.00 bits per heavy atom. The average Bonchev–Trinajstić information content (AvgIpc) is 2.51. The summed E-state index contributed by atoms with van der Waals surface area (Å²) >= 11 is 0. The van der Waals surface area contributed by atoms with E-state index in [1.165, 1.54) is 18.9 Å². The summed E-state index contributed by atoms with van der Waals surface area (Å²) in [4.78, 5) is 14.2. The van der Waals surface area contributed by atoms with E-state index in [-0.39, 0.29) is 11.3 Å². The maximum atomic E-state index is 12.3. The maximum Gasteiger partial charge on any atom is 0.229 e. The molecule has 3 nitrogen and oxygen atoms in total. The summed E-state index contributed by atoms with van der Waals surface area (Å²) in [6, 6.07) is 3.49. The molecule has 2 aliphatic rings. The van der Waals surface area contributed by atoms with E-state index in [2.05, 4.69) is 6.07 Å². The summed E-state index contributed by atoms with van der Waals surface area (Å²) in [5.41, 5.74) is -0.305. The van der Waals surface area contributed by atoms with E-state index in [1.54, 1.807) is 0 Å². The lowest BCUT2D eigenvalue weighted by atomic mass is 9.68. The minimum Gasteiger partial charge on any atom is -0.337 e. The van der Waals surface area contributed by atoms with Crippen LogP contribution in [0, 0.1) is 28.7 Å². The van der Waals surface area contributed by atoms with E-state index in [1.807, 2.05) is 18.9 Å². The molecule has 0 aromatic heterocycles. The van der Waals surface area contributed by atoms with Crippen LogP contribution in [-0.2, 0) is 4.79 Å². The van der Waals surface area contributed by atoms with Crippen LogP contribution in [0.1, 0.15) is 45.4 Å². The second-order valence-electron chi connectivity index (χ2n) is 5.23. The van der Waals surface area contributed by atoms with Crippen LogP contribution in [0.5, 0.6) is 0 Å². The van der Waals surface area contributed by atoms with E-state index in [9.17, 15) is 4.79 Å². The number of hydrogen-bond acceptors (Lipinski definition) is 2. The van der Waals surface area contributed by atoms with Gasteiger partial charge in [-0.3, -0.25) is 4.79 Å². The van der Waals surface area contributed by atoms with Crippen LogP contribution in [0.3, 0.4) is 0 Å². The third-order valence-corrected chi connectivity index (χ3v) is 4.33. The molecule has 0 spiro atoms. The first-order valence-electron chi connectivity index (χ1n) is 6.12. The largest absolute Gasteiger partial charge is 0.337 e. The Morgan fingerprint density at radius 2 is 2.31 bits per heavy atom. The Labute approximate surface area is 97.4 Å². The van der Waals surface area contributed by atoms with Gasteiger partial charge in [-0.05, 0) is 25.2 Å². The lowest BCUT2D eigenvalue weighted by Crippen LogP contribution is -2.32. The summed E-state index contributed by atoms with van der Waals surface area (Å²) < 4.78 is 0. The van der Waals surface area contributed by atoms with Gasteiger partial charge in [0.15, 0.2) is 0 Å². The fourth-order valence-electron chi connectivity index (χ4n) is 3.34. The van der Waals surface area contributed by atoms with Gasteiger partial charge in [-0.15, -0.1) is 0 Å². The molecule has 1 saturated heterocycles. The van der Waals surface area contributed by atoms with Crippen molar-refractivity contribution >= 4 is 5.91 Å². The van der Waals surface area contributed by atoms with Crippen LogP contribution >= 0.6 is 0 Å². The molecule has 1 aliphatic heterocycles. The molecule has 1 radical (unpaired) electrons. The molecule has 2 fully saturated rings. The Hall–Kier alpha value is -1.04. The molecule has 87 valence electrons. The van der Waals surface area contributed by atoms with Crippen LogP contribution < -0.4 is 0 Å². The van der Waals surface area contributed by atoms with E-state index in [0.717, 1.165) is 12.8 Å². The van der Waals surface area contributed by atoms with Gasteiger partial charge >= 0.3 is 0 Å². The van der Waals surface area contributed by atoms with Gasteiger partial charge < -0.3 is 4.90 Å². The highest BCUT2D eigenvalue weighted by Crippen LogP contribution is 2.53. The van der Waals surface area contributed by atoms with E-state index < -0.39 is 0 Å². The van der Waals surface area contributed by atoms with Gasteiger partial charge in [0.2, 0.25) is 5.91 Å². The van der Waals surface area contributed by atoms with Crippen molar-refractivity contribution in [3.63, 3.8) is 0 Å². The van der Waals surface area contributed by atoms with E-state index in [0.29, 0.717) is 18.8 Å². The predicted molar refractivity (Wildman–Crippen MR) is 60.9 cm³/mol. The van der Waals surface area contributed by atoms with Crippen LogP contribution in [-0.4, -0.2) is 17.9 Å². The van der Waals surface area contributed by atoms with Gasteiger partial charge in [-0.25, -0.2) is 0 Å².